The SMILES string of the molecule is CC(C)(C)N1CCC(c2cc(=O)[nH]c3c(C(=O)NNC(=O)c4ccccc4F)cnn23)CC1. The Morgan fingerprint density at radius 1 is 1.09 bits per heavy atom. The second-order valence-electron chi connectivity index (χ2n) is 9.20. The minimum Gasteiger partial charge on any atom is -0.306 e. The molecule has 1 aromatic carbocycles. The lowest BCUT2D eigenvalue weighted by atomic mass is 9.90. The van der Waals surface area contributed by atoms with Crippen LogP contribution in [0.5, 0.6) is 0 Å². The highest BCUT2D eigenvalue weighted by atomic mass is 19.1. The number of likely N-dealkylation sites (tertiary alicyclic amines) is 1. The fraction of sp³-hybridized carbons (Fsp3) is 0.391. The monoisotopic (exact) mass is 454 g/mol. The number of aromatic nitrogens is 3. The molecule has 3 aromatic rings. The first-order valence-corrected chi connectivity index (χ1v) is 10.9. The maximum Gasteiger partial charge on any atom is 0.275 e. The molecule has 1 fully saturated rings. The van der Waals surface area contributed by atoms with Gasteiger partial charge >= 0.3 is 0 Å². The smallest absolute Gasteiger partial charge is 0.275 e. The van der Waals surface area contributed by atoms with Crippen LogP contribution in [0.1, 0.15) is 65.9 Å². The van der Waals surface area contributed by atoms with E-state index in [0.717, 1.165) is 37.7 Å². The normalized spacial score (nSPS) is 15.5. The topological polar surface area (TPSA) is 112 Å². The predicted octanol–water partition coefficient (Wildman–Crippen LogP) is 2.21. The number of halogens is 1. The zero-order chi connectivity index (χ0) is 23.8. The number of hydrazine groups is 1. The number of carbonyl (C=O) groups is 2. The fourth-order valence-corrected chi connectivity index (χ4v) is 4.21. The van der Waals surface area contributed by atoms with Gasteiger partial charge in [0.05, 0.1) is 17.5 Å². The first-order chi connectivity index (χ1) is 15.6. The van der Waals surface area contributed by atoms with Crippen LogP contribution in [0.15, 0.2) is 41.3 Å². The van der Waals surface area contributed by atoms with Gasteiger partial charge in [-0.15, -0.1) is 0 Å². The number of carbonyl (C=O) groups excluding carboxylic acids is 2. The number of fused-ring (bicyclic) bond motifs is 1. The van der Waals surface area contributed by atoms with Crippen molar-refractivity contribution in [2.24, 2.45) is 0 Å². The van der Waals surface area contributed by atoms with E-state index < -0.39 is 17.6 Å². The highest BCUT2D eigenvalue weighted by molar-refractivity contribution is 6.02. The summed E-state index contributed by atoms with van der Waals surface area (Å²) in [7, 11) is 0. The standard InChI is InChI=1S/C23H27FN6O3/c1-23(2,3)29-10-8-14(9-11-29)18-12-19(31)26-20-16(13-25-30(18)20)22(33)28-27-21(32)15-6-4-5-7-17(15)24/h4-7,12-14H,8-11H2,1-3H3,(H,26,31)(H,27,32)(H,28,33). The van der Waals surface area contributed by atoms with Gasteiger partial charge in [0.15, 0.2) is 0 Å². The number of rotatable bonds is 3. The van der Waals surface area contributed by atoms with Crippen LogP contribution in [0.2, 0.25) is 0 Å². The molecule has 1 aliphatic rings. The second kappa shape index (κ2) is 8.78. The van der Waals surface area contributed by atoms with Crippen LogP contribution in [-0.2, 0) is 0 Å². The molecule has 0 bridgehead atoms. The minimum absolute atomic E-state index is 0.0819. The molecule has 2 aromatic heterocycles. The van der Waals surface area contributed by atoms with Crippen molar-refractivity contribution < 1.29 is 14.0 Å². The summed E-state index contributed by atoms with van der Waals surface area (Å²) in [4.78, 5) is 42.3. The van der Waals surface area contributed by atoms with Gasteiger partial charge in [0, 0.05) is 17.5 Å². The Morgan fingerprint density at radius 2 is 1.73 bits per heavy atom. The average Bonchev–Trinajstić information content (AvgIpc) is 3.20. The van der Waals surface area contributed by atoms with E-state index in [1.165, 1.54) is 30.5 Å². The zero-order valence-corrected chi connectivity index (χ0v) is 18.8. The van der Waals surface area contributed by atoms with Crippen LogP contribution >= 0.6 is 0 Å². The Hall–Kier alpha value is -3.53. The Balaban J connectivity index is 1.53. The van der Waals surface area contributed by atoms with E-state index in [-0.39, 0.29) is 33.8 Å². The van der Waals surface area contributed by atoms with Crippen molar-refractivity contribution >= 4 is 17.5 Å². The third-order valence-electron chi connectivity index (χ3n) is 6.05. The largest absolute Gasteiger partial charge is 0.306 e. The molecule has 0 aliphatic carbocycles. The molecular formula is C23H27FN6O3. The zero-order valence-electron chi connectivity index (χ0n) is 18.8. The molecule has 3 N–H and O–H groups in total. The lowest BCUT2D eigenvalue weighted by Gasteiger charge is -2.40. The van der Waals surface area contributed by atoms with Gasteiger partial charge in [-0.2, -0.15) is 5.10 Å². The van der Waals surface area contributed by atoms with E-state index in [9.17, 15) is 18.8 Å². The van der Waals surface area contributed by atoms with Gasteiger partial charge in [0.1, 0.15) is 17.0 Å². The van der Waals surface area contributed by atoms with E-state index in [4.69, 9.17) is 0 Å². The van der Waals surface area contributed by atoms with E-state index in [0.29, 0.717) is 0 Å². The van der Waals surface area contributed by atoms with Crippen molar-refractivity contribution in [2.45, 2.75) is 45.1 Å². The molecule has 1 aliphatic heterocycles. The van der Waals surface area contributed by atoms with Crippen LogP contribution in [0.25, 0.3) is 5.65 Å². The second-order valence-corrected chi connectivity index (χ2v) is 9.20. The molecule has 1 saturated heterocycles. The summed E-state index contributed by atoms with van der Waals surface area (Å²) in [5, 5.41) is 4.32. The summed E-state index contributed by atoms with van der Waals surface area (Å²) in [5.41, 5.74) is 5.08. The number of nitrogens with zero attached hydrogens (tertiary/aromatic N) is 3. The van der Waals surface area contributed by atoms with Crippen LogP contribution in [0, 0.1) is 5.82 Å². The Labute approximate surface area is 190 Å². The molecule has 33 heavy (non-hydrogen) atoms. The van der Waals surface area contributed by atoms with E-state index in [1.807, 2.05) is 0 Å². The molecular weight excluding hydrogens is 427 g/mol. The number of benzene rings is 1. The number of H-pyrrole nitrogens is 1. The van der Waals surface area contributed by atoms with Gasteiger partial charge in [-0.25, -0.2) is 8.91 Å². The van der Waals surface area contributed by atoms with Crippen LogP contribution in [0.3, 0.4) is 0 Å². The van der Waals surface area contributed by atoms with Gasteiger partial charge < -0.3 is 4.98 Å². The summed E-state index contributed by atoms with van der Waals surface area (Å²) in [6.45, 7) is 8.35. The first-order valence-electron chi connectivity index (χ1n) is 10.9. The van der Waals surface area contributed by atoms with Crippen molar-refractivity contribution in [3.05, 3.63) is 69.5 Å². The molecule has 9 nitrogen and oxygen atoms in total. The number of amides is 2. The first kappa shape index (κ1) is 22.7. The molecule has 0 unspecified atom stereocenters. The molecule has 3 heterocycles. The van der Waals surface area contributed by atoms with Crippen LogP contribution in [0.4, 0.5) is 4.39 Å². The lowest BCUT2D eigenvalue weighted by molar-refractivity contribution is 0.0845. The van der Waals surface area contributed by atoms with Crippen molar-refractivity contribution in [1.29, 1.82) is 0 Å². The molecule has 0 spiro atoms. The molecule has 10 heteroatoms. The summed E-state index contributed by atoms with van der Waals surface area (Å²) < 4.78 is 15.3. The number of hydrogen-bond acceptors (Lipinski definition) is 5. The maximum absolute atomic E-state index is 13.8. The summed E-state index contributed by atoms with van der Waals surface area (Å²) in [6.07, 6.45) is 3.08. The minimum atomic E-state index is -0.794. The summed E-state index contributed by atoms with van der Waals surface area (Å²) in [5.74, 6) is -2.04. The Bertz CT molecular complexity index is 1250. The van der Waals surface area contributed by atoms with Crippen molar-refractivity contribution in [1.82, 2.24) is 30.3 Å². The van der Waals surface area contributed by atoms with E-state index in [2.05, 4.69) is 46.6 Å². The van der Waals surface area contributed by atoms with Crippen molar-refractivity contribution in [2.75, 3.05) is 13.1 Å². The molecule has 4 rings (SSSR count). The van der Waals surface area contributed by atoms with E-state index in [1.54, 1.807) is 4.52 Å². The molecule has 0 saturated carbocycles. The maximum atomic E-state index is 13.8. The Kier molecular flexibility index (Phi) is 6.03. The summed E-state index contributed by atoms with van der Waals surface area (Å²) in [6, 6.07) is 6.97. The van der Waals surface area contributed by atoms with Crippen LogP contribution < -0.4 is 16.4 Å². The highest BCUT2D eigenvalue weighted by Crippen LogP contribution is 2.30. The fourth-order valence-electron chi connectivity index (χ4n) is 4.21. The molecule has 174 valence electrons. The predicted molar refractivity (Wildman–Crippen MR) is 120 cm³/mol. The Morgan fingerprint density at radius 3 is 2.36 bits per heavy atom. The van der Waals surface area contributed by atoms with Gasteiger partial charge in [0.2, 0.25) is 0 Å². The van der Waals surface area contributed by atoms with Gasteiger partial charge in [-0.3, -0.25) is 30.1 Å². The number of aromatic amines is 1. The van der Waals surface area contributed by atoms with Crippen molar-refractivity contribution in [3.8, 4) is 0 Å². The number of nitrogens with one attached hydrogen (secondary N) is 3. The number of piperidine rings is 1. The molecule has 0 atom stereocenters. The molecule has 0 radical (unpaired) electrons. The summed E-state index contributed by atoms with van der Waals surface area (Å²) >= 11 is 0. The highest BCUT2D eigenvalue weighted by Gasteiger charge is 2.29. The van der Waals surface area contributed by atoms with Gasteiger partial charge in [-0.1, -0.05) is 12.1 Å². The number of hydrogen-bond donors (Lipinski definition) is 3. The third-order valence-corrected chi connectivity index (χ3v) is 6.05. The van der Waals surface area contributed by atoms with E-state index >= 15 is 0 Å². The van der Waals surface area contributed by atoms with Crippen LogP contribution in [-0.4, -0.2) is 49.9 Å². The molecule has 2 amide bonds. The average molecular weight is 455 g/mol. The quantitative estimate of drug-likeness (QED) is 0.526. The third kappa shape index (κ3) is 4.65. The lowest BCUT2D eigenvalue weighted by Crippen LogP contribution is -2.46. The van der Waals surface area contributed by atoms with Gasteiger partial charge in [0.25, 0.3) is 17.4 Å². The van der Waals surface area contributed by atoms with Gasteiger partial charge in [-0.05, 0) is 58.8 Å². The van der Waals surface area contributed by atoms with Crippen molar-refractivity contribution in [3.63, 3.8) is 0 Å².